The molecule has 0 saturated carbocycles. The Morgan fingerprint density at radius 2 is 1.94 bits per heavy atom. The second-order valence-corrected chi connectivity index (χ2v) is 5.10. The first-order valence-corrected chi connectivity index (χ1v) is 6.12. The van der Waals surface area contributed by atoms with Crippen LogP contribution < -0.4 is 0 Å². The zero-order valence-electron chi connectivity index (χ0n) is 10.1. The van der Waals surface area contributed by atoms with Gasteiger partial charge in [0.15, 0.2) is 0 Å². The molecule has 1 aromatic carbocycles. The van der Waals surface area contributed by atoms with E-state index < -0.39 is 11.4 Å². The van der Waals surface area contributed by atoms with Crippen molar-refractivity contribution >= 4 is 11.9 Å². The molecule has 1 aromatic rings. The van der Waals surface area contributed by atoms with Gasteiger partial charge >= 0.3 is 11.9 Å². The Balaban J connectivity index is 2.10. The third-order valence-electron chi connectivity index (χ3n) is 4.15. The Bertz CT molecular complexity index is 532. The standard InChI is InChI=1S/C15H14O3/c1-15-11(10-6-3-2-4-7-10)8-5-9-12(15)13(16)18-14(15)17/h2-8,11-12H,9H2,1H3/t11?,12-,15-/m0/s1. The minimum Gasteiger partial charge on any atom is -0.392 e. The number of fused-ring (bicyclic) bond motifs is 1. The van der Waals surface area contributed by atoms with E-state index >= 15 is 0 Å². The van der Waals surface area contributed by atoms with Crippen LogP contribution >= 0.6 is 0 Å². The Kier molecular flexibility index (Phi) is 2.37. The zero-order chi connectivity index (χ0) is 12.8. The summed E-state index contributed by atoms with van der Waals surface area (Å²) < 4.78 is 4.85. The second kappa shape index (κ2) is 3.80. The van der Waals surface area contributed by atoms with Crippen LogP contribution in [0.3, 0.4) is 0 Å². The highest BCUT2D eigenvalue weighted by Gasteiger charge is 2.58. The van der Waals surface area contributed by atoms with Gasteiger partial charge in [0.05, 0.1) is 11.3 Å². The third kappa shape index (κ3) is 1.37. The molecule has 1 heterocycles. The predicted octanol–water partition coefficient (Wildman–Crippen LogP) is 2.44. The van der Waals surface area contributed by atoms with Crippen LogP contribution in [0.1, 0.15) is 24.8 Å². The number of carbonyl (C=O) groups excluding carboxylic acids is 2. The maximum Gasteiger partial charge on any atom is 0.321 e. The van der Waals surface area contributed by atoms with E-state index in [-0.39, 0.29) is 17.8 Å². The lowest BCUT2D eigenvalue weighted by molar-refractivity contribution is -0.155. The normalized spacial score (nSPS) is 34.3. The number of allylic oxidation sites excluding steroid dienone is 2. The summed E-state index contributed by atoms with van der Waals surface area (Å²) in [5.41, 5.74) is 0.292. The van der Waals surface area contributed by atoms with Crippen LogP contribution in [0.4, 0.5) is 0 Å². The maximum atomic E-state index is 12.0. The van der Waals surface area contributed by atoms with Gasteiger partial charge in [-0.25, -0.2) is 0 Å². The molecule has 0 amide bonds. The summed E-state index contributed by atoms with van der Waals surface area (Å²) in [6.45, 7) is 1.84. The van der Waals surface area contributed by atoms with Gasteiger partial charge in [-0.3, -0.25) is 9.59 Å². The lowest BCUT2D eigenvalue weighted by Crippen LogP contribution is -2.38. The lowest BCUT2D eigenvalue weighted by Gasteiger charge is -2.35. The van der Waals surface area contributed by atoms with Gasteiger partial charge in [0.25, 0.3) is 0 Å². The Morgan fingerprint density at radius 3 is 2.67 bits per heavy atom. The molecular weight excluding hydrogens is 228 g/mol. The molecule has 0 radical (unpaired) electrons. The molecule has 1 saturated heterocycles. The molecule has 3 rings (SSSR count). The molecule has 0 spiro atoms. The van der Waals surface area contributed by atoms with Crippen LogP contribution in [0.25, 0.3) is 0 Å². The SMILES string of the molecule is C[C@@]12C(=O)OC(=O)[C@@H]1CC=CC2c1ccccc1. The summed E-state index contributed by atoms with van der Waals surface area (Å²) in [6, 6.07) is 9.79. The van der Waals surface area contributed by atoms with Crippen molar-refractivity contribution in [2.45, 2.75) is 19.3 Å². The van der Waals surface area contributed by atoms with Gasteiger partial charge in [-0.1, -0.05) is 42.5 Å². The van der Waals surface area contributed by atoms with Gasteiger partial charge in [0.1, 0.15) is 0 Å². The number of rotatable bonds is 1. The summed E-state index contributed by atoms with van der Waals surface area (Å²) in [5.74, 6) is -1.21. The quantitative estimate of drug-likeness (QED) is 0.431. The number of ether oxygens (including phenoxy) is 1. The van der Waals surface area contributed by atoms with E-state index in [4.69, 9.17) is 4.74 Å². The predicted molar refractivity (Wildman–Crippen MR) is 65.6 cm³/mol. The summed E-state index contributed by atoms with van der Waals surface area (Å²) in [6.07, 6.45) is 4.58. The summed E-state index contributed by atoms with van der Waals surface area (Å²) in [5, 5.41) is 0. The smallest absolute Gasteiger partial charge is 0.321 e. The van der Waals surface area contributed by atoms with Crippen LogP contribution in [0, 0.1) is 11.3 Å². The van der Waals surface area contributed by atoms with Crippen molar-refractivity contribution in [3.8, 4) is 0 Å². The molecule has 1 aliphatic heterocycles. The molecule has 1 aliphatic carbocycles. The van der Waals surface area contributed by atoms with Crippen LogP contribution in [0.15, 0.2) is 42.5 Å². The van der Waals surface area contributed by atoms with Crippen molar-refractivity contribution in [3.05, 3.63) is 48.0 Å². The Morgan fingerprint density at radius 1 is 1.22 bits per heavy atom. The minimum atomic E-state index is -0.757. The van der Waals surface area contributed by atoms with Crippen LogP contribution in [-0.2, 0) is 14.3 Å². The number of esters is 2. The first-order valence-electron chi connectivity index (χ1n) is 6.12. The Labute approximate surface area is 105 Å². The largest absolute Gasteiger partial charge is 0.392 e. The van der Waals surface area contributed by atoms with E-state index in [9.17, 15) is 9.59 Å². The average Bonchev–Trinajstić information content (AvgIpc) is 2.61. The van der Waals surface area contributed by atoms with Crippen molar-refractivity contribution in [2.24, 2.45) is 11.3 Å². The molecule has 3 atom stereocenters. The number of hydrogen-bond donors (Lipinski definition) is 0. The zero-order valence-corrected chi connectivity index (χ0v) is 10.1. The molecule has 1 fully saturated rings. The third-order valence-corrected chi connectivity index (χ3v) is 4.15. The first kappa shape index (κ1) is 11.2. The fourth-order valence-electron chi connectivity index (χ4n) is 3.01. The van der Waals surface area contributed by atoms with Crippen LogP contribution in [0.2, 0.25) is 0 Å². The van der Waals surface area contributed by atoms with Gasteiger partial charge in [-0.15, -0.1) is 0 Å². The van der Waals surface area contributed by atoms with E-state index in [1.807, 2.05) is 49.4 Å². The Hall–Kier alpha value is -1.90. The van der Waals surface area contributed by atoms with E-state index in [2.05, 4.69) is 0 Å². The lowest BCUT2D eigenvalue weighted by atomic mass is 9.63. The molecule has 92 valence electrons. The second-order valence-electron chi connectivity index (χ2n) is 5.10. The fourth-order valence-corrected chi connectivity index (χ4v) is 3.01. The number of hydrogen-bond acceptors (Lipinski definition) is 3. The van der Waals surface area contributed by atoms with Crippen LogP contribution in [0.5, 0.6) is 0 Å². The van der Waals surface area contributed by atoms with Crippen molar-refractivity contribution in [2.75, 3.05) is 0 Å². The van der Waals surface area contributed by atoms with Gasteiger partial charge in [0, 0.05) is 5.92 Å². The summed E-state index contributed by atoms with van der Waals surface area (Å²) in [4.78, 5) is 23.8. The molecular formula is C15H14O3. The van der Waals surface area contributed by atoms with E-state index in [1.165, 1.54) is 0 Å². The molecule has 18 heavy (non-hydrogen) atoms. The minimum absolute atomic E-state index is 0.0867. The molecule has 0 aromatic heterocycles. The highest BCUT2D eigenvalue weighted by molar-refractivity contribution is 6.00. The monoisotopic (exact) mass is 242 g/mol. The number of cyclic esters (lactones) is 2. The van der Waals surface area contributed by atoms with Gasteiger partial charge in [-0.2, -0.15) is 0 Å². The fraction of sp³-hybridized carbons (Fsp3) is 0.333. The number of benzene rings is 1. The van der Waals surface area contributed by atoms with Gasteiger partial charge in [-0.05, 0) is 18.9 Å². The summed E-state index contributed by atoms with van der Waals surface area (Å²) in [7, 11) is 0. The van der Waals surface area contributed by atoms with Crippen molar-refractivity contribution in [1.82, 2.24) is 0 Å². The molecule has 2 aliphatic rings. The van der Waals surface area contributed by atoms with Crippen molar-refractivity contribution in [3.63, 3.8) is 0 Å². The average molecular weight is 242 g/mol. The molecule has 0 bridgehead atoms. The maximum absolute atomic E-state index is 12.0. The highest BCUT2D eigenvalue weighted by Crippen LogP contribution is 2.52. The van der Waals surface area contributed by atoms with Gasteiger partial charge < -0.3 is 4.74 Å². The van der Waals surface area contributed by atoms with E-state index in [0.29, 0.717) is 6.42 Å². The number of carbonyl (C=O) groups is 2. The summed E-state index contributed by atoms with van der Waals surface area (Å²) >= 11 is 0. The van der Waals surface area contributed by atoms with Crippen LogP contribution in [-0.4, -0.2) is 11.9 Å². The van der Waals surface area contributed by atoms with E-state index in [1.54, 1.807) is 0 Å². The molecule has 0 N–H and O–H groups in total. The molecule has 3 heteroatoms. The first-order chi connectivity index (χ1) is 8.64. The van der Waals surface area contributed by atoms with Crippen molar-refractivity contribution in [1.29, 1.82) is 0 Å². The van der Waals surface area contributed by atoms with Gasteiger partial charge in [0.2, 0.25) is 0 Å². The molecule has 3 nitrogen and oxygen atoms in total. The molecule has 1 unspecified atom stereocenters. The van der Waals surface area contributed by atoms with Crippen molar-refractivity contribution < 1.29 is 14.3 Å². The van der Waals surface area contributed by atoms with E-state index in [0.717, 1.165) is 5.56 Å². The highest BCUT2D eigenvalue weighted by atomic mass is 16.6. The topological polar surface area (TPSA) is 43.4 Å².